The zero-order valence-corrected chi connectivity index (χ0v) is 34.8. The first-order valence-electron chi connectivity index (χ1n) is 20.4. The summed E-state index contributed by atoms with van der Waals surface area (Å²) in [7, 11) is 0. The van der Waals surface area contributed by atoms with Crippen molar-refractivity contribution < 1.29 is 93.7 Å². The Kier molecular flexibility index (Phi) is 44.9. The van der Waals surface area contributed by atoms with Crippen LogP contribution in [0.3, 0.4) is 0 Å². The van der Waals surface area contributed by atoms with Crippen molar-refractivity contribution >= 4 is 0 Å². The second kappa shape index (κ2) is 45.6. The van der Waals surface area contributed by atoms with Gasteiger partial charge in [-0.2, -0.15) is 0 Å². The molecule has 0 bridgehead atoms. The molecular formula is C38H74F4O16. The van der Waals surface area contributed by atoms with E-state index < -0.39 is 31.1 Å². The monoisotopic (exact) mass is 862 g/mol. The fourth-order valence-electron chi connectivity index (χ4n) is 4.27. The average Bonchev–Trinajstić information content (AvgIpc) is 3.20. The lowest BCUT2D eigenvalue weighted by Gasteiger charge is -2.22. The number of hydrogen-bond donors (Lipinski definition) is 1. The lowest BCUT2D eigenvalue weighted by molar-refractivity contribution is -0.118. The predicted octanol–water partition coefficient (Wildman–Crippen LogP) is 3.08. The molecule has 16 nitrogen and oxygen atoms in total. The van der Waals surface area contributed by atoms with E-state index in [9.17, 15) is 17.6 Å². The first-order chi connectivity index (χ1) is 28.3. The van der Waals surface area contributed by atoms with Crippen LogP contribution in [0.1, 0.15) is 32.6 Å². The molecule has 0 aromatic carbocycles. The van der Waals surface area contributed by atoms with Crippen LogP contribution in [0.2, 0.25) is 0 Å². The van der Waals surface area contributed by atoms with E-state index in [1.54, 1.807) is 0 Å². The summed E-state index contributed by atoms with van der Waals surface area (Å²) < 4.78 is 134. The van der Waals surface area contributed by atoms with E-state index in [1.807, 2.05) is 0 Å². The van der Waals surface area contributed by atoms with Crippen LogP contribution in [0.5, 0.6) is 0 Å². The van der Waals surface area contributed by atoms with Crippen molar-refractivity contribution in [3.63, 3.8) is 0 Å². The molecule has 0 spiro atoms. The maximum Gasteiger partial charge on any atom is 0.254 e. The summed E-state index contributed by atoms with van der Waals surface area (Å²) in [4.78, 5) is 0. The van der Waals surface area contributed by atoms with Crippen molar-refractivity contribution in [1.29, 1.82) is 0 Å². The van der Waals surface area contributed by atoms with Crippen molar-refractivity contribution in [3.8, 4) is 0 Å². The predicted molar refractivity (Wildman–Crippen MR) is 203 cm³/mol. The quantitative estimate of drug-likeness (QED) is 0.0702. The van der Waals surface area contributed by atoms with Crippen molar-refractivity contribution in [2.45, 2.75) is 44.5 Å². The Balaban J connectivity index is 3.13. The van der Waals surface area contributed by atoms with Gasteiger partial charge in [-0.25, -0.2) is 17.6 Å². The van der Waals surface area contributed by atoms with E-state index in [0.717, 1.165) is 0 Å². The van der Waals surface area contributed by atoms with Gasteiger partial charge in [0.05, 0.1) is 205 Å². The molecule has 0 fully saturated rings. The highest BCUT2D eigenvalue weighted by Crippen LogP contribution is 2.35. The number of aliphatic hydroxyl groups is 1. The SMILES string of the molecule is CCC(F)(F)CC(F)(F)CCCOCCOCCOCCOCCOCCOCCOCCOCCOCCOCCOCCOCCOCCOCCOCCO. The van der Waals surface area contributed by atoms with Gasteiger partial charge in [-0.1, -0.05) is 6.92 Å². The molecule has 0 radical (unpaired) electrons. The van der Waals surface area contributed by atoms with Crippen LogP contribution in [-0.4, -0.2) is 222 Å². The van der Waals surface area contributed by atoms with Gasteiger partial charge in [0, 0.05) is 19.4 Å². The molecule has 0 saturated carbocycles. The lowest BCUT2D eigenvalue weighted by atomic mass is 10.0. The normalized spacial score (nSPS) is 12.3. The largest absolute Gasteiger partial charge is 0.394 e. The number of hydrogen-bond acceptors (Lipinski definition) is 16. The second-order valence-corrected chi connectivity index (χ2v) is 12.3. The molecule has 0 aromatic rings. The zero-order chi connectivity index (χ0) is 42.4. The number of aliphatic hydroxyl groups excluding tert-OH is 1. The second-order valence-electron chi connectivity index (χ2n) is 12.3. The van der Waals surface area contributed by atoms with E-state index >= 15 is 0 Å². The smallest absolute Gasteiger partial charge is 0.254 e. The summed E-state index contributed by atoms with van der Waals surface area (Å²) in [5.74, 6) is -6.75. The van der Waals surface area contributed by atoms with Crippen LogP contribution < -0.4 is 0 Å². The molecule has 0 heterocycles. The van der Waals surface area contributed by atoms with Gasteiger partial charge in [-0.15, -0.1) is 0 Å². The van der Waals surface area contributed by atoms with Gasteiger partial charge in [0.2, 0.25) is 0 Å². The van der Waals surface area contributed by atoms with Crippen molar-refractivity contribution in [3.05, 3.63) is 0 Å². The average molecular weight is 863 g/mol. The number of ether oxygens (including phenoxy) is 15. The van der Waals surface area contributed by atoms with Gasteiger partial charge in [-0.3, -0.25) is 0 Å². The molecule has 0 aliphatic heterocycles. The third kappa shape index (κ3) is 47.8. The highest BCUT2D eigenvalue weighted by molar-refractivity contribution is 4.76. The Hall–Kier alpha value is -0.920. The van der Waals surface area contributed by atoms with E-state index in [4.69, 9.17) is 76.2 Å². The van der Waals surface area contributed by atoms with Crippen molar-refractivity contribution in [1.82, 2.24) is 0 Å². The molecule has 0 amide bonds. The van der Waals surface area contributed by atoms with Gasteiger partial charge in [0.15, 0.2) is 0 Å². The molecule has 0 aromatic heterocycles. The van der Waals surface area contributed by atoms with Crippen LogP contribution in [-0.2, 0) is 71.1 Å². The Morgan fingerprint density at radius 1 is 0.293 bits per heavy atom. The minimum Gasteiger partial charge on any atom is -0.394 e. The maximum absolute atomic E-state index is 13.6. The molecule has 0 saturated heterocycles. The van der Waals surface area contributed by atoms with Gasteiger partial charge in [0.1, 0.15) is 0 Å². The van der Waals surface area contributed by atoms with Crippen LogP contribution in [0.15, 0.2) is 0 Å². The van der Waals surface area contributed by atoms with Crippen molar-refractivity contribution in [2.24, 2.45) is 0 Å². The summed E-state index contributed by atoms with van der Waals surface area (Å²) in [6.45, 7) is 14.0. The van der Waals surface area contributed by atoms with Gasteiger partial charge in [-0.05, 0) is 6.42 Å². The number of alkyl halides is 4. The van der Waals surface area contributed by atoms with E-state index in [2.05, 4.69) is 0 Å². The summed E-state index contributed by atoms with van der Waals surface area (Å²) in [5, 5.41) is 8.59. The summed E-state index contributed by atoms with van der Waals surface area (Å²) in [6.07, 6.45) is -2.66. The summed E-state index contributed by atoms with van der Waals surface area (Å²) in [6, 6.07) is 0. The van der Waals surface area contributed by atoms with Gasteiger partial charge in [0.25, 0.3) is 11.8 Å². The fraction of sp³-hybridized carbons (Fsp3) is 1.00. The van der Waals surface area contributed by atoms with E-state index in [1.165, 1.54) is 6.92 Å². The number of halogens is 4. The van der Waals surface area contributed by atoms with Crippen LogP contribution in [0.4, 0.5) is 17.6 Å². The fourth-order valence-corrected chi connectivity index (χ4v) is 4.27. The topological polar surface area (TPSA) is 159 Å². The third-order valence-electron chi connectivity index (χ3n) is 7.31. The Morgan fingerprint density at radius 2 is 0.483 bits per heavy atom. The molecule has 0 atom stereocenters. The Bertz CT molecular complexity index is 799. The minimum atomic E-state index is -3.40. The summed E-state index contributed by atoms with van der Waals surface area (Å²) >= 11 is 0. The van der Waals surface area contributed by atoms with Gasteiger partial charge >= 0.3 is 0 Å². The molecule has 1 N–H and O–H groups in total. The molecule has 58 heavy (non-hydrogen) atoms. The molecular weight excluding hydrogens is 788 g/mol. The Morgan fingerprint density at radius 3 is 0.672 bits per heavy atom. The molecule has 0 rings (SSSR count). The van der Waals surface area contributed by atoms with Gasteiger partial charge < -0.3 is 76.2 Å². The highest BCUT2D eigenvalue weighted by atomic mass is 19.3. The minimum absolute atomic E-state index is 0.000801. The van der Waals surface area contributed by atoms with Crippen LogP contribution >= 0.6 is 0 Å². The van der Waals surface area contributed by atoms with Crippen molar-refractivity contribution in [2.75, 3.05) is 205 Å². The zero-order valence-electron chi connectivity index (χ0n) is 34.8. The standard InChI is InChI=1S/C38H74F4O16/c1-2-37(39,40)36-38(41,42)4-3-6-44-8-10-46-12-14-48-16-18-50-20-22-52-24-26-54-28-30-56-32-34-58-35-33-57-31-29-55-27-25-53-23-21-51-19-17-49-15-13-47-11-9-45-7-5-43/h43H,2-36H2,1H3. The highest BCUT2D eigenvalue weighted by Gasteiger charge is 2.41. The first-order valence-corrected chi connectivity index (χ1v) is 20.4. The molecule has 0 aliphatic rings. The maximum atomic E-state index is 13.6. The molecule has 350 valence electrons. The molecule has 0 aliphatic carbocycles. The van der Waals surface area contributed by atoms with Crippen LogP contribution in [0.25, 0.3) is 0 Å². The van der Waals surface area contributed by atoms with E-state index in [-0.39, 0.29) is 32.8 Å². The first kappa shape index (κ1) is 57.1. The Labute approximate surface area is 342 Å². The lowest BCUT2D eigenvalue weighted by Crippen LogP contribution is -2.28. The van der Waals surface area contributed by atoms with E-state index in [0.29, 0.717) is 178 Å². The van der Waals surface area contributed by atoms with Crippen LogP contribution in [0, 0.1) is 0 Å². The molecule has 0 unspecified atom stereocenters. The molecule has 20 heteroatoms. The number of rotatable bonds is 51. The third-order valence-corrected chi connectivity index (χ3v) is 7.31. The summed E-state index contributed by atoms with van der Waals surface area (Å²) in [5.41, 5.74) is 0.